The van der Waals surface area contributed by atoms with Crippen molar-refractivity contribution >= 4 is 29.9 Å². The molecular formula is C17H29IN4O. The van der Waals surface area contributed by atoms with Gasteiger partial charge in [-0.2, -0.15) is 0 Å². The van der Waals surface area contributed by atoms with Gasteiger partial charge in [-0.1, -0.05) is 18.6 Å². The molecule has 0 radical (unpaired) electrons. The van der Waals surface area contributed by atoms with Crippen molar-refractivity contribution in [3.05, 3.63) is 29.8 Å². The first-order valence-electron chi connectivity index (χ1n) is 7.94. The zero-order valence-electron chi connectivity index (χ0n) is 14.3. The number of halogens is 1. The summed E-state index contributed by atoms with van der Waals surface area (Å²) in [5.41, 5.74) is 7.18. The van der Waals surface area contributed by atoms with E-state index in [1.54, 1.807) is 7.11 Å². The Kier molecular flexibility index (Phi) is 8.68. The van der Waals surface area contributed by atoms with E-state index in [4.69, 9.17) is 10.5 Å². The molecule has 2 rings (SSSR count). The Morgan fingerprint density at radius 3 is 2.48 bits per heavy atom. The van der Waals surface area contributed by atoms with Crippen molar-refractivity contribution < 1.29 is 4.74 Å². The van der Waals surface area contributed by atoms with Crippen molar-refractivity contribution in [2.45, 2.75) is 25.3 Å². The highest BCUT2D eigenvalue weighted by atomic mass is 127. The monoisotopic (exact) mass is 432 g/mol. The molecule has 3 N–H and O–H groups in total. The van der Waals surface area contributed by atoms with E-state index in [1.165, 1.54) is 24.8 Å². The second-order valence-electron chi connectivity index (χ2n) is 6.16. The molecule has 0 bridgehead atoms. The number of guanidine groups is 1. The van der Waals surface area contributed by atoms with Crippen LogP contribution in [0.2, 0.25) is 0 Å². The molecule has 23 heavy (non-hydrogen) atoms. The zero-order chi connectivity index (χ0) is 15.9. The molecule has 1 aliphatic rings. The SMILES string of the molecule is COc1ccc(C(CN=C(N)NCC2CCC2)N(C)C)cc1.I. The Balaban J connectivity index is 0.00000264. The van der Waals surface area contributed by atoms with Gasteiger partial charge in [-0.25, -0.2) is 0 Å². The topological polar surface area (TPSA) is 62.9 Å². The summed E-state index contributed by atoms with van der Waals surface area (Å²) in [5, 5.41) is 3.24. The van der Waals surface area contributed by atoms with Gasteiger partial charge in [0.1, 0.15) is 5.75 Å². The molecular weight excluding hydrogens is 403 g/mol. The molecule has 0 aromatic heterocycles. The van der Waals surface area contributed by atoms with Crippen LogP contribution in [0.5, 0.6) is 5.75 Å². The molecule has 6 heteroatoms. The first-order chi connectivity index (χ1) is 10.6. The van der Waals surface area contributed by atoms with Gasteiger partial charge in [0.2, 0.25) is 0 Å². The van der Waals surface area contributed by atoms with Gasteiger partial charge in [-0.15, -0.1) is 24.0 Å². The first-order valence-corrected chi connectivity index (χ1v) is 7.94. The predicted octanol–water partition coefficient (Wildman–Crippen LogP) is 2.62. The number of aliphatic imine (C=N–C) groups is 1. The molecule has 1 aromatic carbocycles. The van der Waals surface area contributed by atoms with Crippen LogP contribution >= 0.6 is 24.0 Å². The van der Waals surface area contributed by atoms with Gasteiger partial charge in [-0.05, 0) is 50.6 Å². The number of rotatable bonds is 7. The number of benzene rings is 1. The van der Waals surface area contributed by atoms with Crippen LogP contribution in [0.15, 0.2) is 29.3 Å². The van der Waals surface area contributed by atoms with Gasteiger partial charge in [0, 0.05) is 6.54 Å². The molecule has 5 nitrogen and oxygen atoms in total. The lowest BCUT2D eigenvalue weighted by Gasteiger charge is -2.26. The van der Waals surface area contributed by atoms with E-state index in [1.807, 2.05) is 12.1 Å². The van der Waals surface area contributed by atoms with E-state index in [9.17, 15) is 0 Å². The van der Waals surface area contributed by atoms with Crippen molar-refractivity contribution in [3.63, 3.8) is 0 Å². The van der Waals surface area contributed by atoms with Crippen LogP contribution in [0.4, 0.5) is 0 Å². The maximum Gasteiger partial charge on any atom is 0.188 e. The van der Waals surface area contributed by atoms with E-state index in [-0.39, 0.29) is 30.0 Å². The average Bonchev–Trinajstić information content (AvgIpc) is 2.46. The third-order valence-corrected chi connectivity index (χ3v) is 4.36. The second kappa shape index (κ2) is 9.97. The summed E-state index contributed by atoms with van der Waals surface area (Å²) in [6.07, 6.45) is 3.97. The highest BCUT2D eigenvalue weighted by Crippen LogP contribution is 2.25. The Bertz CT molecular complexity index is 486. The van der Waals surface area contributed by atoms with Crippen LogP contribution in [0, 0.1) is 5.92 Å². The summed E-state index contributed by atoms with van der Waals surface area (Å²) < 4.78 is 5.21. The highest BCUT2D eigenvalue weighted by Gasteiger charge is 2.17. The molecule has 1 fully saturated rings. The van der Waals surface area contributed by atoms with Crippen molar-refractivity contribution in [2.75, 3.05) is 34.3 Å². The lowest BCUT2D eigenvalue weighted by molar-refractivity contribution is 0.304. The largest absolute Gasteiger partial charge is 0.497 e. The van der Waals surface area contributed by atoms with Crippen LogP contribution in [0.1, 0.15) is 30.9 Å². The summed E-state index contributed by atoms with van der Waals surface area (Å²) in [4.78, 5) is 6.66. The maximum atomic E-state index is 5.97. The Morgan fingerprint density at radius 1 is 1.35 bits per heavy atom. The molecule has 1 aliphatic carbocycles. The number of likely N-dealkylation sites (N-methyl/N-ethyl adjacent to an activating group) is 1. The summed E-state index contributed by atoms with van der Waals surface area (Å²) in [7, 11) is 5.79. The molecule has 1 aromatic rings. The molecule has 1 atom stereocenters. The van der Waals surface area contributed by atoms with E-state index < -0.39 is 0 Å². The molecule has 130 valence electrons. The molecule has 1 saturated carbocycles. The minimum Gasteiger partial charge on any atom is -0.497 e. The number of methoxy groups -OCH3 is 1. The summed E-state index contributed by atoms with van der Waals surface area (Å²) in [6.45, 7) is 1.59. The van der Waals surface area contributed by atoms with E-state index in [0.717, 1.165) is 18.2 Å². The number of hydrogen-bond acceptors (Lipinski definition) is 3. The van der Waals surface area contributed by atoms with Gasteiger partial charge in [0.25, 0.3) is 0 Å². The van der Waals surface area contributed by atoms with Gasteiger partial charge < -0.3 is 20.7 Å². The molecule has 0 aliphatic heterocycles. The smallest absolute Gasteiger partial charge is 0.188 e. The standard InChI is InChI=1S/C17H28N4O.HI/c1-21(2)16(14-7-9-15(22-3)10-8-14)12-20-17(18)19-11-13-5-4-6-13;/h7-10,13,16H,4-6,11-12H2,1-3H3,(H3,18,19,20);1H. The van der Waals surface area contributed by atoms with Crippen LogP contribution in [-0.2, 0) is 0 Å². The summed E-state index contributed by atoms with van der Waals surface area (Å²) >= 11 is 0. The van der Waals surface area contributed by atoms with Crippen LogP contribution in [-0.4, -0.2) is 45.2 Å². The molecule has 0 saturated heterocycles. The normalized spacial score (nSPS) is 16.4. The van der Waals surface area contributed by atoms with Gasteiger partial charge in [0.05, 0.1) is 19.7 Å². The predicted molar refractivity (Wildman–Crippen MR) is 107 cm³/mol. The zero-order valence-corrected chi connectivity index (χ0v) is 16.6. The molecule has 0 amide bonds. The fraction of sp³-hybridized carbons (Fsp3) is 0.588. The van der Waals surface area contributed by atoms with E-state index >= 15 is 0 Å². The lowest BCUT2D eigenvalue weighted by atomic mass is 9.85. The summed E-state index contributed by atoms with van der Waals surface area (Å²) in [5.74, 6) is 2.19. The molecule has 0 heterocycles. The highest BCUT2D eigenvalue weighted by molar-refractivity contribution is 14.0. The fourth-order valence-electron chi connectivity index (χ4n) is 2.58. The Hall–Kier alpha value is -1.02. The average molecular weight is 432 g/mol. The minimum absolute atomic E-state index is 0. The Labute approximate surface area is 156 Å². The third kappa shape index (κ3) is 6.18. The van der Waals surface area contributed by atoms with Crippen LogP contribution in [0.3, 0.4) is 0 Å². The number of ether oxygens (including phenoxy) is 1. The Morgan fingerprint density at radius 2 is 2.00 bits per heavy atom. The number of nitrogens with one attached hydrogen (secondary N) is 1. The molecule has 1 unspecified atom stereocenters. The van der Waals surface area contributed by atoms with E-state index in [0.29, 0.717) is 12.5 Å². The van der Waals surface area contributed by atoms with Crippen molar-refractivity contribution in [3.8, 4) is 5.75 Å². The summed E-state index contributed by atoms with van der Waals surface area (Å²) in [6, 6.07) is 8.32. The number of hydrogen-bond donors (Lipinski definition) is 2. The van der Waals surface area contributed by atoms with Gasteiger partial charge in [0.15, 0.2) is 5.96 Å². The van der Waals surface area contributed by atoms with Crippen molar-refractivity contribution in [1.29, 1.82) is 0 Å². The first kappa shape index (κ1) is 20.0. The van der Waals surface area contributed by atoms with Crippen molar-refractivity contribution in [1.82, 2.24) is 10.2 Å². The number of nitrogens with zero attached hydrogens (tertiary/aromatic N) is 2. The van der Waals surface area contributed by atoms with Gasteiger partial charge in [-0.3, -0.25) is 4.99 Å². The van der Waals surface area contributed by atoms with Gasteiger partial charge >= 0.3 is 0 Å². The minimum atomic E-state index is 0. The number of nitrogens with two attached hydrogens (primary N) is 1. The van der Waals surface area contributed by atoms with Crippen LogP contribution in [0.25, 0.3) is 0 Å². The quantitative estimate of drug-likeness (QED) is 0.395. The third-order valence-electron chi connectivity index (χ3n) is 4.36. The maximum absolute atomic E-state index is 5.97. The molecule has 0 spiro atoms. The lowest BCUT2D eigenvalue weighted by Crippen LogP contribution is -2.38. The van der Waals surface area contributed by atoms with Crippen molar-refractivity contribution in [2.24, 2.45) is 16.6 Å². The fourth-order valence-corrected chi connectivity index (χ4v) is 2.58. The second-order valence-corrected chi connectivity index (χ2v) is 6.16. The van der Waals surface area contributed by atoms with Crippen LogP contribution < -0.4 is 15.8 Å². The van der Waals surface area contributed by atoms with E-state index in [2.05, 4.69) is 41.4 Å².